The molecule has 0 aliphatic rings. The van der Waals surface area contributed by atoms with Gasteiger partial charge >= 0.3 is 5.97 Å². The van der Waals surface area contributed by atoms with Gasteiger partial charge in [0.15, 0.2) is 0 Å². The van der Waals surface area contributed by atoms with Gasteiger partial charge in [0, 0.05) is 9.72 Å². The lowest BCUT2D eigenvalue weighted by molar-refractivity contribution is 0.0468. The Morgan fingerprint density at radius 2 is 2.04 bits per heavy atom. The number of hydrogen-bond acceptors (Lipinski definition) is 5. The maximum atomic E-state index is 12.2. The van der Waals surface area contributed by atoms with E-state index >= 15 is 0 Å². The number of halogens is 1. The van der Waals surface area contributed by atoms with E-state index in [0.717, 1.165) is 10.1 Å². The molecule has 124 valence electrons. The van der Waals surface area contributed by atoms with Gasteiger partial charge in [-0.1, -0.05) is 29.8 Å². The number of aromatic nitrogens is 2. The molecule has 2 heterocycles. The summed E-state index contributed by atoms with van der Waals surface area (Å²) in [5.74, 6) is -0.177. The molecular weight excluding hydrogens is 360 g/mol. The van der Waals surface area contributed by atoms with Crippen molar-refractivity contribution in [2.45, 2.75) is 6.61 Å². The minimum atomic E-state index is -0.449. The molecule has 0 saturated heterocycles. The van der Waals surface area contributed by atoms with Gasteiger partial charge in [0.25, 0.3) is 5.56 Å². The van der Waals surface area contributed by atoms with Gasteiger partial charge < -0.3 is 9.72 Å². The van der Waals surface area contributed by atoms with Gasteiger partial charge in [-0.2, -0.15) is 0 Å². The summed E-state index contributed by atoms with van der Waals surface area (Å²) < 4.78 is 6.30. The van der Waals surface area contributed by atoms with Gasteiger partial charge in [0.2, 0.25) is 0 Å². The molecule has 0 radical (unpaired) electrons. The first-order valence-corrected chi connectivity index (χ1v) is 8.64. The number of ether oxygens (including phenoxy) is 1. The molecule has 0 spiro atoms. The summed E-state index contributed by atoms with van der Waals surface area (Å²) in [6, 6.07) is 14.3. The molecule has 0 aliphatic heterocycles. The third-order valence-electron chi connectivity index (χ3n) is 3.68. The van der Waals surface area contributed by atoms with E-state index in [2.05, 4.69) is 9.97 Å². The third kappa shape index (κ3) is 3.14. The fourth-order valence-corrected chi connectivity index (χ4v) is 3.64. The summed E-state index contributed by atoms with van der Waals surface area (Å²) in [4.78, 5) is 31.7. The van der Waals surface area contributed by atoms with Crippen molar-refractivity contribution in [1.29, 1.82) is 0 Å². The van der Waals surface area contributed by atoms with Crippen molar-refractivity contribution in [3.8, 4) is 0 Å². The van der Waals surface area contributed by atoms with Crippen LogP contribution in [-0.2, 0) is 11.3 Å². The number of nitrogens with one attached hydrogen (secondary N) is 1. The van der Waals surface area contributed by atoms with Gasteiger partial charge in [-0.15, -0.1) is 11.3 Å². The summed E-state index contributed by atoms with van der Waals surface area (Å²) in [5, 5.41) is 1.91. The van der Waals surface area contributed by atoms with Crippen LogP contribution in [0.5, 0.6) is 0 Å². The lowest BCUT2D eigenvalue weighted by Gasteiger charge is -2.04. The minimum Gasteiger partial charge on any atom is -0.453 e. The van der Waals surface area contributed by atoms with Gasteiger partial charge in [-0.25, -0.2) is 9.78 Å². The van der Waals surface area contributed by atoms with E-state index in [9.17, 15) is 9.59 Å². The molecule has 1 N–H and O–H groups in total. The minimum absolute atomic E-state index is 0.120. The largest absolute Gasteiger partial charge is 0.453 e. The Morgan fingerprint density at radius 3 is 2.88 bits per heavy atom. The SMILES string of the molecule is O=C(OCc1nc2cc(Cl)ccc2c(=O)[nH]1)c1cc2ccccc2s1. The second kappa shape index (κ2) is 6.31. The van der Waals surface area contributed by atoms with Crippen LogP contribution in [0.25, 0.3) is 21.0 Å². The molecule has 0 bridgehead atoms. The monoisotopic (exact) mass is 370 g/mol. The number of thiophene rings is 1. The van der Waals surface area contributed by atoms with Crippen molar-refractivity contribution < 1.29 is 9.53 Å². The van der Waals surface area contributed by atoms with Crippen LogP contribution in [0.15, 0.2) is 53.3 Å². The number of nitrogens with zero attached hydrogens (tertiary/aromatic N) is 1. The number of esters is 1. The van der Waals surface area contributed by atoms with E-state index in [4.69, 9.17) is 16.3 Å². The summed E-state index contributed by atoms with van der Waals surface area (Å²) in [5.41, 5.74) is 0.165. The van der Waals surface area contributed by atoms with Crippen molar-refractivity contribution in [3.63, 3.8) is 0 Å². The normalized spacial score (nSPS) is 11.1. The molecule has 0 fully saturated rings. The Kier molecular flexibility index (Phi) is 3.99. The van der Waals surface area contributed by atoms with E-state index in [0.29, 0.717) is 20.8 Å². The van der Waals surface area contributed by atoms with Gasteiger partial charge in [0.1, 0.15) is 17.3 Å². The van der Waals surface area contributed by atoms with Crippen LogP contribution in [0.3, 0.4) is 0 Å². The number of benzene rings is 2. The zero-order valence-corrected chi connectivity index (χ0v) is 14.4. The lowest BCUT2D eigenvalue weighted by Crippen LogP contribution is -2.14. The van der Waals surface area contributed by atoms with Crippen LogP contribution in [-0.4, -0.2) is 15.9 Å². The molecule has 0 unspecified atom stereocenters. The van der Waals surface area contributed by atoms with E-state index in [1.807, 2.05) is 24.3 Å². The number of aromatic amines is 1. The Morgan fingerprint density at radius 1 is 1.20 bits per heavy atom. The number of hydrogen-bond donors (Lipinski definition) is 1. The van der Waals surface area contributed by atoms with Crippen molar-refractivity contribution in [2.24, 2.45) is 0 Å². The highest BCUT2D eigenvalue weighted by Crippen LogP contribution is 2.26. The van der Waals surface area contributed by atoms with Crippen LogP contribution in [0.4, 0.5) is 0 Å². The topological polar surface area (TPSA) is 72.0 Å². The smallest absolute Gasteiger partial charge is 0.348 e. The first kappa shape index (κ1) is 15.8. The summed E-state index contributed by atoms with van der Waals surface area (Å²) >= 11 is 7.30. The molecule has 2 aromatic carbocycles. The first-order chi connectivity index (χ1) is 12.1. The maximum Gasteiger partial charge on any atom is 0.348 e. The summed E-state index contributed by atoms with van der Waals surface area (Å²) in [6.45, 7) is -0.120. The average molecular weight is 371 g/mol. The molecule has 0 amide bonds. The van der Waals surface area contributed by atoms with Crippen molar-refractivity contribution >= 4 is 49.9 Å². The fourth-order valence-electron chi connectivity index (χ4n) is 2.52. The van der Waals surface area contributed by atoms with Gasteiger partial charge in [0.05, 0.1) is 10.9 Å². The molecule has 5 nitrogen and oxygen atoms in total. The first-order valence-electron chi connectivity index (χ1n) is 7.44. The van der Waals surface area contributed by atoms with Crippen molar-refractivity contribution in [1.82, 2.24) is 9.97 Å². The molecule has 7 heteroatoms. The standard InChI is InChI=1S/C18H11ClN2O3S/c19-11-5-6-12-13(8-11)20-16(21-17(12)22)9-24-18(23)15-7-10-3-1-2-4-14(10)25-15/h1-8H,9H2,(H,20,21,22). The maximum absolute atomic E-state index is 12.2. The molecule has 4 aromatic rings. The van der Waals surface area contributed by atoms with E-state index in [-0.39, 0.29) is 18.0 Å². The Bertz CT molecular complexity index is 1130. The van der Waals surface area contributed by atoms with Gasteiger partial charge in [-0.05, 0) is 35.7 Å². The number of rotatable bonds is 3. The van der Waals surface area contributed by atoms with Crippen LogP contribution in [0, 0.1) is 0 Å². The highest BCUT2D eigenvalue weighted by Gasteiger charge is 2.13. The predicted molar refractivity (Wildman–Crippen MR) is 98.3 cm³/mol. The second-order valence-corrected chi connectivity index (χ2v) is 6.92. The molecule has 0 aliphatic carbocycles. The highest BCUT2D eigenvalue weighted by molar-refractivity contribution is 7.20. The predicted octanol–water partition coefficient (Wildman–Crippen LogP) is 4.15. The Hall–Kier alpha value is -2.70. The number of H-pyrrole nitrogens is 1. The number of carbonyl (C=O) groups is 1. The lowest BCUT2D eigenvalue weighted by atomic mass is 10.2. The van der Waals surface area contributed by atoms with Crippen molar-refractivity contribution in [2.75, 3.05) is 0 Å². The molecule has 25 heavy (non-hydrogen) atoms. The quantitative estimate of drug-likeness (QED) is 0.550. The molecule has 0 saturated carbocycles. The molecule has 2 aromatic heterocycles. The third-order valence-corrected chi connectivity index (χ3v) is 5.02. The molecule has 0 atom stereocenters. The Balaban J connectivity index is 1.57. The summed E-state index contributed by atoms with van der Waals surface area (Å²) in [6.07, 6.45) is 0. The van der Waals surface area contributed by atoms with Crippen LogP contribution in [0.1, 0.15) is 15.5 Å². The van der Waals surface area contributed by atoms with E-state index < -0.39 is 5.97 Å². The zero-order chi connectivity index (χ0) is 17.4. The van der Waals surface area contributed by atoms with Crippen LogP contribution >= 0.6 is 22.9 Å². The average Bonchev–Trinajstić information content (AvgIpc) is 3.03. The van der Waals surface area contributed by atoms with Gasteiger partial charge in [-0.3, -0.25) is 4.79 Å². The number of fused-ring (bicyclic) bond motifs is 2. The van der Waals surface area contributed by atoms with Crippen molar-refractivity contribution in [3.05, 3.63) is 74.6 Å². The summed E-state index contributed by atoms with van der Waals surface area (Å²) in [7, 11) is 0. The Labute approximate surface area is 150 Å². The highest BCUT2D eigenvalue weighted by atomic mass is 35.5. The molecule has 4 rings (SSSR count). The van der Waals surface area contributed by atoms with E-state index in [1.165, 1.54) is 11.3 Å². The van der Waals surface area contributed by atoms with Crippen LogP contribution < -0.4 is 5.56 Å². The number of carbonyl (C=O) groups excluding carboxylic acids is 1. The zero-order valence-electron chi connectivity index (χ0n) is 12.8. The fraction of sp³-hybridized carbons (Fsp3) is 0.0556. The second-order valence-electron chi connectivity index (χ2n) is 5.40. The molecular formula is C18H11ClN2O3S. The van der Waals surface area contributed by atoms with Crippen LogP contribution in [0.2, 0.25) is 5.02 Å². The van der Waals surface area contributed by atoms with E-state index in [1.54, 1.807) is 24.3 Å².